The molecule has 0 aliphatic rings. The van der Waals surface area contributed by atoms with Gasteiger partial charge in [0, 0.05) is 13.6 Å². The molecule has 0 unspecified atom stereocenters. The Morgan fingerprint density at radius 3 is 2.57 bits per heavy atom. The molecule has 0 radical (unpaired) electrons. The zero-order valence-electron chi connectivity index (χ0n) is 11.1. The quantitative estimate of drug-likeness (QED) is 0.914. The minimum Gasteiger partial charge on any atom is -0.391 e. The fourth-order valence-corrected chi connectivity index (χ4v) is 3.72. The standard InChI is InChI=1S/C13H13F2NO3S2/c1-16(6-9-4-5-20-8-9)21(18,19)12-3-2-11(14)10(7-17)13(12)15/h2-5,8,17H,6-7H2,1H3. The van der Waals surface area contributed by atoms with Crippen LogP contribution < -0.4 is 0 Å². The third kappa shape index (κ3) is 3.13. The first-order valence-corrected chi connectivity index (χ1v) is 8.31. The fraction of sp³-hybridized carbons (Fsp3) is 0.231. The molecule has 1 aromatic carbocycles. The Morgan fingerprint density at radius 2 is 2.00 bits per heavy atom. The van der Waals surface area contributed by atoms with Crippen LogP contribution in [0.3, 0.4) is 0 Å². The first-order valence-electron chi connectivity index (χ1n) is 5.93. The van der Waals surface area contributed by atoms with Crippen LogP contribution in [-0.4, -0.2) is 24.9 Å². The number of thiophene rings is 1. The van der Waals surface area contributed by atoms with Crippen molar-refractivity contribution in [2.75, 3.05) is 7.05 Å². The maximum absolute atomic E-state index is 14.1. The van der Waals surface area contributed by atoms with Gasteiger partial charge < -0.3 is 5.11 Å². The zero-order chi connectivity index (χ0) is 15.6. The molecule has 1 N–H and O–H groups in total. The van der Waals surface area contributed by atoms with Crippen LogP contribution in [0.4, 0.5) is 8.78 Å². The van der Waals surface area contributed by atoms with Gasteiger partial charge in [0.1, 0.15) is 10.7 Å². The number of rotatable bonds is 5. The van der Waals surface area contributed by atoms with Crippen LogP contribution in [0, 0.1) is 11.6 Å². The Kier molecular flexibility index (Phi) is 4.72. The van der Waals surface area contributed by atoms with Crippen LogP contribution >= 0.6 is 11.3 Å². The molecule has 0 atom stereocenters. The van der Waals surface area contributed by atoms with E-state index in [0.717, 1.165) is 22.0 Å². The molecule has 1 heterocycles. The number of nitrogens with zero attached hydrogens (tertiary/aromatic N) is 1. The lowest BCUT2D eigenvalue weighted by Crippen LogP contribution is -2.27. The monoisotopic (exact) mass is 333 g/mol. The molecule has 1 aromatic heterocycles. The molecule has 0 aliphatic carbocycles. The number of halogens is 2. The highest BCUT2D eigenvalue weighted by Crippen LogP contribution is 2.24. The van der Waals surface area contributed by atoms with Gasteiger partial charge in [0.15, 0.2) is 5.82 Å². The summed E-state index contributed by atoms with van der Waals surface area (Å²) in [5.74, 6) is -2.23. The molecule has 0 spiro atoms. The van der Waals surface area contributed by atoms with E-state index in [-0.39, 0.29) is 6.54 Å². The summed E-state index contributed by atoms with van der Waals surface area (Å²) in [5.41, 5.74) is 0.121. The van der Waals surface area contributed by atoms with E-state index in [1.54, 1.807) is 16.8 Å². The largest absolute Gasteiger partial charge is 0.391 e. The van der Waals surface area contributed by atoms with Crippen LogP contribution in [0.25, 0.3) is 0 Å². The minimum absolute atomic E-state index is 0.0805. The second-order valence-corrected chi connectivity index (χ2v) is 7.18. The molecular weight excluding hydrogens is 320 g/mol. The van der Waals surface area contributed by atoms with Gasteiger partial charge in [-0.1, -0.05) is 0 Å². The topological polar surface area (TPSA) is 57.6 Å². The van der Waals surface area contributed by atoms with Gasteiger partial charge in [0.05, 0.1) is 12.2 Å². The summed E-state index contributed by atoms with van der Waals surface area (Å²) in [5, 5.41) is 12.5. The Bertz CT molecular complexity index is 730. The van der Waals surface area contributed by atoms with Crippen molar-refractivity contribution in [2.24, 2.45) is 0 Å². The lowest BCUT2D eigenvalue weighted by molar-refractivity contribution is 0.267. The Morgan fingerprint density at radius 1 is 1.29 bits per heavy atom. The third-order valence-corrected chi connectivity index (χ3v) is 5.54. The van der Waals surface area contributed by atoms with Gasteiger partial charge in [0.2, 0.25) is 10.0 Å². The first kappa shape index (κ1) is 16.0. The average Bonchev–Trinajstić information content (AvgIpc) is 2.91. The van der Waals surface area contributed by atoms with Crippen molar-refractivity contribution < 1.29 is 22.3 Å². The Balaban J connectivity index is 2.40. The van der Waals surface area contributed by atoms with E-state index < -0.39 is 38.7 Å². The highest BCUT2D eigenvalue weighted by molar-refractivity contribution is 7.89. The molecule has 0 bridgehead atoms. The summed E-state index contributed by atoms with van der Waals surface area (Å²) >= 11 is 1.42. The van der Waals surface area contributed by atoms with Gasteiger partial charge in [-0.2, -0.15) is 15.6 Å². The number of hydrogen-bond acceptors (Lipinski definition) is 4. The molecule has 4 nitrogen and oxygen atoms in total. The van der Waals surface area contributed by atoms with Crippen molar-refractivity contribution in [1.29, 1.82) is 0 Å². The van der Waals surface area contributed by atoms with Crippen molar-refractivity contribution in [3.8, 4) is 0 Å². The molecule has 2 rings (SSSR count). The van der Waals surface area contributed by atoms with E-state index in [4.69, 9.17) is 5.11 Å². The number of aliphatic hydroxyl groups excluding tert-OH is 1. The predicted molar refractivity (Wildman–Crippen MR) is 75.3 cm³/mol. The Labute approximate surface area is 125 Å². The number of benzene rings is 1. The average molecular weight is 333 g/mol. The molecule has 0 fully saturated rings. The second-order valence-electron chi connectivity index (χ2n) is 4.39. The maximum atomic E-state index is 14.1. The van der Waals surface area contributed by atoms with E-state index in [9.17, 15) is 17.2 Å². The van der Waals surface area contributed by atoms with Gasteiger partial charge in [-0.15, -0.1) is 0 Å². The first-order chi connectivity index (χ1) is 9.87. The lowest BCUT2D eigenvalue weighted by atomic mass is 10.2. The van der Waals surface area contributed by atoms with Crippen LogP contribution in [-0.2, 0) is 23.2 Å². The van der Waals surface area contributed by atoms with Gasteiger partial charge in [-0.3, -0.25) is 0 Å². The van der Waals surface area contributed by atoms with Crippen molar-refractivity contribution in [1.82, 2.24) is 4.31 Å². The van der Waals surface area contributed by atoms with E-state index in [0.29, 0.717) is 0 Å². The zero-order valence-corrected chi connectivity index (χ0v) is 12.7. The molecule has 8 heteroatoms. The fourth-order valence-electron chi connectivity index (χ4n) is 1.81. The van der Waals surface area contributed by atoms with Gasteiger partial charge in [-0.25, -0.2) is 17.2 Å². The second kappa shape index (κ2) is 6.18. The number of sulfonamides is 1. The molecule has 0 aliphatic heterocycles. The van der Waals surface area contributed by atoms with Crippen molar-refractivity contribution >= 4 is 21.4 Å². The van der Waals surface area contributed by atoms with Gasteiger partial charge in [-0.05, 0) is 34.5 Å². The number of hydrogen-bond donors (Lipinski definition) is 1. The highest BCUT2D eigenvalue weighted by Gasteiger charge is 2.27. The van der Waals surface area contributed by atoms with Gasteiger partial charge >= 0.3 is 0 Å². The lowest BCUT2D eigenvalue weighted by Gasteiger charge is -2.18. The third-order valence-electron chi connectivity index (χ3n) is 2.98. The van der Waals surface area contributed by atoms with Crippen molar-refractivity contribution in [3.63, 3.8) is 0 Å². The highest BCUT2D eigenvalue weighted by atomic mass is 32.2. The van der Waals surface area contributed by atoms with Crippen LogP contribution in [0.2, 0.25) is 0 Å². The Hall–Kier alpha value is -1.35. The van der Waals surface area contributed by atoms with Crippen molar-refractivity contribution in [2.45, 2.75) is 18.0 Å². The smallest absolute Gasteiger partial charge is 0.246 e. The van der Waals surface area contributed by atoms with E-state index >= 15 is 0 Å². The summed E-state index contributed by atoms with van der Waals surface area (Å²) in [4.78, 5) is -0.648. The maximum Gasteiger partial charge on any atom is 0.246 e. The van der Waals surface area contributed by atoms with E-state index in [1.807, 2.05) is 0 Å². The molecule has 21 heavy (non-hydrogen) atoms. The number of aliphatic hydroxyl groups is 1. The van der Waals surface area contributed by atoms with Crippen LogP contribution in [0.5, 0.6) is 0 Å². The van der Waals surface area contributed by atoms with Crippen LogP contribution in [0.15, 0.2) is 33.9 Å². The van der Waals surface area contributed by atoms with Crippen molar-refractivity contribution in [3.05, 3.63) is 51.7 Å². The summed E-state index contributed by atoms with van der Waals surface area (Å²) in [6.07, 6.45) is 0. The van der Waals surface area contributed by atoms with E-state index in [1.165, 1.54) is 18.4 Å². The predicted octanol–water partition coefficient (Wildman–Crippen LogP) is 2.34. The molecule has 0 amide bonds. The SMILES string of the molecule is CN(Cc1ccsc1)S(=O)(=O)c1ccc(F)c(CO)c1F. The normalized spacial score (nSPS) is 12.0. The molecule has 2 aromatic rings. The summed E-state index contributed by atoms with van der Waals surface area (Å²) < 4.78 is 53.0. The molecule has 114 valence electrons. The summed E-state index contributed by atoms with van der Waals surface area (Å²) in [6.45, 7) is -0.827. The minimum atomic E-state index is -4.11. The summed E-state index contributed by atoms with van der Waals surface area (Å²) in [6, 6.07) is 3.46. The summed E-state index contributed by atoms with van der Waals surface area (Å²) in [7, 11) is -2.80. The molecule has 0 saturated heterocycles. The van der Waals surface area contributed by atoms with E-state index in [2.05, 4.69) is 0 Å². The molecular formula is C13H13F2NO3S2. The van der Waals surface area contributed by atoms with Crippen LogP contribution in [0.1, 0.15) is 11.1 Å². The molecule has 0 saturated carbocycles. The van der Waals surface area contributed by atoms with Gasteiger partial charge in [0.25, 0.3) is 0 Å².